The zero-order chi connectivity index (χ0) is 21.2. The Labute approximate surface area is 170 Å². The summed E-state index contributed by atoms with van der Waals surface area (Å²) in [5.41, 5.74) is 2.10. The van der Waals surface area contributed by atoms with Crippen LogP contribution in [0.4, 0.5) is 10.5 Å². The molecule has 2 rings (SSSR count). The Morgan fingerprint density at radius 1 is 1.07 bits per heavy atom. The van der Waals surface area contributed by atoms with E-state index >= 15 is 0 Å². The summed E-state index contributed by atoms with van der Waals surface area (Å²) < 4.78 is 16.0. The first kappa shape index (κ1) is 22.2. The Balaban J connectivity index is 1.90. The number of carbonyl (C=O) groups excluding carboxylic acids is 1. The van der Waals surface area contributed by atoms with E-state index in [1.54, 1.807) is 38.1 Å². The number of aliphatic carboxylic acids is 1. The van der Waals surface area contributed by atoms with Crippen LogP contribution < -0.4 is 10.1 Å². The highest BCUT2D eigenvalue weighted by Crippen LogP contribution is 2.16. The van der Waals surface area contributed by atoms with Crippen LogP contribution in [0, 0.1) is 0 Å². The Morgan fingerprint density at radius 2 is 1.79 bits per heavy atom. The van der Waals surface area contributed by atoms with Crippen molar-refractivity contribution < 1.29 is 28.9 Å². The highest BCUT2D eigenvalue weighted by Gasteiger charge is 2.20. The second-order valence-electron chi connectivity index (χ2n) is 6.69. The Morgan fingerprint density at radius 3 is 2.41 bits per heavy atom. The third-order valence-electron chi connectivity index (χ3n) is 3.91. The molecular formula is C22H27NO6. The van der Waals surface area contributed by atoms with Gasteiger partial charge in [0.2, 0.25) is 0 Å². The Hall–Kier alpha value is -3.06. The van der Waals surface area contributed by atoms with Crippen molar-refractivity contribution in [3.05, 3.63) is 59.7 Å². The number of carbonyl (C=O) groups is 2. The number of carboxylic acids is 1. The zero-order valence-corrected chi connectivity index (χ0v) is 16.9. The summed E-state index contributed by atoms with van der Waals surface area (Å²) in [5, 5.41) is 12.0. The summed E-state index contributed by atoms with van der Waals surface area (Å²) in [4.78, 5) is 23.4. The quantitative estimate of drug-likeness (QED) is 0.618. The fraction of sp³-hybridized carbons (Fsp3) is 0.364. The molecule has 2 aromatic rings. The number of carboxylic acid groups (broad SMARTS) is 1. The topological polar surface area (TPSA) is 94.1 Å². The third kappa shape index (κ3) is 7.83. The van der Waals surface area contributed by atoms with Crippen LogP contribution in [0.5, 0.6) is 5.75 Å². The van der Waals surface area contributed by atoms with Gasteiger partial charge in [-0.3, -0.25) is 5.32 Å². The standard InChI is InChI=1S/C22H27NO6/c1-4-27-19-10-8-16(9-11-19)14-28-22(26)23-18-7-5-6-17(12-18)13-20(21(24)25)29-15(2)3/h5-12,15,20H,4,13-14H2,1-3H3,(H,23,26)(H,24,25). The summed E-state index contributed by atoms with van der Waals surface area (Å²) in [7, 11) is 0. The molecule has 2 aromatic carbocycles. The molecule has 0 aromatic heterocycles. The second kappa shape index (κ2) is 11.1. The van der Waals surface area contributed by atoms with E-state index in [4.69, 9.17) is 14.2 Å². The van der Waals surface area contributed by atoms with E-state index in [9.17, 15) is 14.7 Å². The van der Waals surface area contributed by atoms with E-state index in [-0.39, 0.29) is 19.1 Å². The first-order valence-corrected chi connectivity index (χ1v) is 9.50. The average molecular weight is 401 g/mol. The fourth-order valence-electron chi connectivity index (χ4n) is 2.66. The van der Waals surface area contributed by atoms with E-state index in [0.29, 0.717) is 12.3 Å². The van der Waals surface area contributed by atoms with Gasteiger partial charge >= 0.3 is 12.1 Å². The van der Waals surface area contributed by atoms with Crippen LogP contribution in [0.2, 0.25) is 0 Å². The highest BCUT2D eigenvalue weighted by atomic mass is 16.5. The van der Waals surface area contributed by atoms with Gasteiger partial charge in [0, 0.05) is 12.1 Å². The molecular weight excluding hydrogens is 374 g/mol. The zero-order valence-electron chi connectivity index (χ0n) is 16.9. The number of rotatable bonds is 10. The van der Waals surface area contributed by atoms with E-state index in [1.807, 2.05) is 31.2 Å². The van der Waals surface area contributed by atoms with Gasteiger partial charge in [-0.25, -0.2) is 9.59 Å². The molecule has 0 aliphatic rings. The van der Waals surface area contributed by atoms with Gasteiger partial charge in [0.05, 0.1) is 12.7 Å². The molecule has 0 saturated heterocycles. The molecule has 156 valence electrons. The minimum absolute atomic E-state index is 0.126. The number of amides is 1. The molecule has 0 aliphatic carbocycles. The molecule has 29 heavy (non-hydrogen) atoms. The summed E-state index contributed by atoms with van der Waals surface area (Å²) in [6, 6.07) is 14.3. The fourth-order valence-corrected chi connectivity index (χ4v) is 2.66. The van der Waals surface area contributed by atoms with E-state index < -0.39 is 18.2 Å². The largest absolute Gasteiger partial charge is 0.494 e. The van der Waals surface area contributed by atoms with Crippen molar-refractivity contribution in [3.8, 4) is 5.75 Å². The molecule has 7 heteroatoms. The average Bonchev–Trinajstić information content (AvgIpc) is 2.67. The molecule has 1 unspecified atom stereocenters. The molecule has 0 bridgehead atoms. The minimum Gasteiger partial charge on any atom is -0.494 e. The van der Waals surface area contributed by atoms with Gasteiger partial charge in [0.25, 0.3) is 0 Å². The van der Waals surface area contributed by atoms with Crippen LogP contribution >= 0.6 is 0 Å². The lowest BCUT2D eigenvalue weighted by Crippen LogP contribution is -2.29. The van der Waals surface area contributed by atoms with Gasteiger partial charge in [-0.05, 0) is 56.2 Å². The van der Waals surface area contributed by atoms with Gasteiger partial charge in [-0.1, -0.05) is 24.3 Å². The third-order valence-corrected chi connectivity index (χ3v) is 3.91. The maximum atomic E-state index is 12.1. The summed E-state index contributed by atoms with van der Waals surface area (Å²) in [5.74, 6) is -0.259. The lowest BCUT2D eigenvalue weighted by molar-refractivity contribution is -0.153. The molecule has 1 amide bonds. The van der Waals surface area contributed by atoms with Gasteiger partial charge < -0.3 is 19.3 Å². The smallest absolute Gasteiger partial charge is 0.411 e. The normalized spacial score (nSPS) is 11.7. The Bertz CT molecular complexity index is 803. The van der Waals surface area contributed by atoms with Crippen molar-refractivity contribution in [1.29, 1.82) is 0 Å². The van der Waals surface area contributed by atoms with E-state index in [2.05, 4.69) is 5.32 Å². The first-order chi connectivity index (χ1) is 13.9. The number of benzene rings is 2. The lowest BCUT2D eigenvalue weighted by Gasteiger charge is -2.17. The maximum absolute atomic E-state index is 12.1. The first-order valence-electron chi connectivity index (χ1n) is 9.50. The van der Waals surface area contributed by atoms with Crippen LogP contribution in [0.25, 0.3) is 0 Å². The van der Waals surface area contributed by atoms with Crippen molar-refractivity contribution >= 4 is 17.7 Å². The number of hydrogen-bond acceptors (Lipinski definition) is 5. The molecule has 2 N–H and O–H groups in total. The van der Waals surface area contributed by atoms with Gasteiger partial charge in [0.1, 0.15) is 12.4 Å². The lowest BCUT2D eigenvalue weighted by atomic mass is 10.1. The maximum Gasteiger partial charge on any atom is 0.411 e. The van der Waals surface area contributed by atoms with Crippen LogP contribution in [-0.2, 0) is 27.3 Å². The van der Waals surface area contributed by atoms with Crippen molar-refractivity contribution in [2.24, 2.45) is 0 Å². The molecule has 0 spiro atoms. The van der Waals surface area contributed by atoms with Crippen molar-refractivity contribution in [3.63, 3.8) is 0 Å². The number of hydrogen-bond donors (Lipinski definition) is 2. The van der Waals surface area contributed by atoms with Crippen LogP contribution in [0.3, 0.4) is 0 Å². The number of anilines is 1. The Kier molecular flexibility index (Phi) is 8.48. The molecule has 0 heterocycles. The van der Waals surface area contributed by atoms with Gasteiger partial charge in [-0.2, -0.15) is 0 Å². The predicted molar refractivity (Wildman–Crippen MR) is 109 cm³/mol. The van der Waals surface area contributed by atoms with E-state index in [0.717, 1.165) is 16.9 Å². The van der Waals surface area contributed by atoms with Gasteiger partial charge in [-0.15, -0.1) is 0 Å². The predicted octanol–water partition coefficient (Wildman–Crippen LogP) is 4.25. The highest BCUT2D eigenvalue weighted by molar-refractivity contribution is 5.84. The number of ether oxygens (including phenoxy) is 3. The molecule has 0 radical (unpaired) electrons. The summed E-state index contributed by atoms with van der Waals surface area (Å²) >= 11 is 0. The van der Waals surface area contributed by atoms with Crippen LogP contribution in [0.15, 0.2) is 48.5 Å². The molecule has 7 nitrogen and oxygen atoms in total. The molecule has 1 atom stereocenters. The van der Waals surface area contributed by atoms with Crippen molar-refractivity contribution in [2.45, 2.75) is 46.0 Å². The van der Waals surface area contributed by atoms with Crippen molar-refractivity contribution in [2.75, 3.05) is 11.9 Å². The SMILES string of the molecule is CCOc1ccc(COC(=O)Nc2cccc(CC(OC(C)C)C(=O)O)c2)cc1. The van der Waals surface area contributed by atoms with Crippen molar-refractivity contribution in [1.82, 2.24) is 0 Å². The van der Waals surface area contributed by atoms with Crippen LogP contribution in [-0.4, -0.2) is 36.0 Å². The van der Waals surface area contributed by atoms with Gasteiger partial charge in [0.15, 0.2) is 6.10 Å². The monoisotopic (exact) mass is 401 g/mol. The number of nitrogens with one attached hydrogen (secondary N) is 1. The molecule has 0 saturated carbocycles. The summed E-state index contributed by atoms with van der Waals surface area (Å²) in [6.45, 7) is 6.20. The molecule has 0 fully saturated rings. The molecule has 0 aliphatic heterocycles. The van der Waals surface area contributed by atoms with E-state index in [1.165, 1.54) is 0 Å². The summed E-state index contributed by atoms with van der Waals surface area (Å²) in [6.07, 6.45) is -1.54. The van der Waals surface area contributed by atoms with Crippen LogP contribution in [0.1, 0.15) is 31.9 Å². The second-order valence-corrected chi connectivity index (χ2v) is 6.69. The minimum atomic E-state index is -1.02.